The first-order chi connectivity index (χ1) is 14.2. The second-order valence-electron chi connectivity index (χ2n) is 8.67. The van der Waals surface area contributed by atoms with Gasteiger partial charge in [-0.15, -0.1) is 0 Å². The monoisotopic (exact) mass is 431 g/mol. The molecule has 156 valence electrons. The molecule has 8 heteroatoms. The molecule has 5 nitrogen and oxygen atoms in total. The van der Waals surface area contributed by atoms with Gasteiger partial charge in [-0.1, -0.05) is 23.7 Å². The second kappa shape index (κ2) is 6.74. The van der Waals surface area contributed by atoms with Crippen molar-refractivity contribution in [2.24, 2.45) is 5.92 Å². The van der Waals surface area contributed by atoms with Crippen LogP contribution in [0.1, 0.15) is 42.5 Å². The van der Waals surface area contributed by atoms with E-state index in [1.165, 1.54) is 34.9 Å². The lowest BCUT2D eigenvalue weighted by Gasteiger charge is -2.42. The van der Waals surface area contributed by atoms with E-state index in [1.807, 2.05) is 6.08 Å². The van der Waals surface area contributed by atoms with Gasteiger partial charge in [0.1, 0.15) is 18.0 Å². The molecule has 1 atom stereocenters. The summed E-state index contributed by atoms with van der Waals surface area (Å²) in [5.41, 5.74) is 0.747. The summed E-state index contributed by atoms with van der Waals surface area (Å²) in [6.45, 7) is 1.31. The topological polar surface area (TPSA) is 55.2 Å². The maximum atomic E-state index is 13.7. The van der Waals surface area contributed by atoms with Crippen LogP contribution in [-0.2, 0) is 11.3 Å². The molecular formula is C22H20ClF2N3O2. The van der Waals surface area contributed by atoms with Gasteiger partial charge in [0.25, 0.3) is 5.56 Å². The standard InChI is InChI=1S/C22H20ClF2N3O2/c1-22(25)9-28(10-22)18(29)8-27-11-26-20-15(12-2-3-12)7-14(19(20)21(27)30)13-4-5-17(24)16(23)6-13/h4-7,11-12,15H,2-3,8-10H2,1H3. The number of likely N-dealkylation sites (tertiary alicyclic amines) is 1. The van der Waals surface area contributed by atoms with Crippen LogP contribution in [0, 0.1) is 11.7 Å². The Morgan fingerprint density at radius 3 is 2.70 bits per heavy atom. The van der Waals surface area contributed by atoms with Gasteiger partial charge in [0.2, 0.25) is 5.91 Å². The number of carbonyl (C=O) groups excluding carboxylic acids is 1. The molecule has 1 aromatic heterocycles. The van der Waals surface area contributed by atoms with Crippen molar-refractivity contribution >= 4 is 23.1 Å². The van der Waals surface area contributed by atoms with E-state index in [-0.39, 0.29) is 42.0 Å². The zero-order valence-electron chi connectivity index (χ0n) is 16.4. The van der Waals surface area contributed by atoms with Crippen LogP contribution in [0.4, 0.5) is 8.78 Å². The summed E-state index contributed by atoms with van der Waals surface area (Å²) < 4.78 is 28.6. The van der Waals surface area contributed by atoms with Crippen LogP contribution in [0.3, 0.4) is 0 Å². The Labute approximate surface area is 177 Å². The van der Waals surface area contributed by atoms with Crippen LogP contribution in [0.5, 0.6) is 0 Å². The molecule has 1 saturated heterocycles. The van der Waals surface area contributed by atoms with Crippen LogP contribution in [0.15, 0.2) is 35.4 Å². The minimum atomic E-state index is -1.37. The number of benzene rings is 1. The van der Waals surface area contributed by atoms with Gasteiger partial charge < -0.3 is 4.90 Å². The number of carbonyl (C=O) groups is 1. The molecule has 0 bridgehead atoms. The molecule has 2 aromatic rings. The minimum Gasteiger partial charge on any atom is -0.335 e. The van der Waals surface area contributed by atoms with Crippen LogP contribution < -0.4 is 5.56 Å². The van der Waals surface area contributed by atoms with E-state index in [0.717, 1.165) is 12.8 Å². The van der Waals surface area contributed by atoms with Crippen molar-refractivity contribution in [1.82, 2.24) is 14.5 Å². The summed E-state index contributed by atoms with van der Waals surface area (Å²) in [5.74, 6) is -0.382. The predicted molar refractivity (Wildman–Crippen MR) is 109 cm³/mol. The van der Waals surface area contributed by atoms with E-state index < -0.39 is 11.5 Å². The molecule has 0 spiro atoms. The third-order valence-corrected chi connectivity index (χ3v) is 6.35. The van der Waals surface area contributed by atoms with Crippen LogP contribution >= 0.6 is 11.6 Å². The van der Waals surface area contributed by atoms with Gasteiger partial charge >= 0.3 is 0 Å². The van der Waals surface area contributed by atoms with E-state index in [1.54, 1.807) is 6.07 Å². The molecule has 2 fully saturated rings. The molecule has 2 heterocycles. The summed E-state index contributed by atoms with van der Waals surface area (Å²) in [4.78, 5) is 31.7. The molecule has 30 heavy (non-hydrogen) atoms. The highest BCUT2D eigenvalue weighted by molar-refractivity contribution is 6.31. The van der Waals surface area contributed by atoms with E-state index in [4.69, 9.17) is 11.6 Å². The van der Waals surface area contributed by atoms with Gasteiger partial charge in [-0.05, 0) is 49.0 Å². The lowest BCUT2D eigenvalue weighted by molar-refractivity contribution is -0.144. The Morgan fingerprint density at radius 1 is 1.33 bits per heavy atom. The number of nitrogens with zero attached hydrogens (tertiary/aromatic N) is 3. The SMILES string of the molecule is CC1(F)CN(C(=O)Cn2cnc3c(c2=O)C(c2ccc(F)c(Cl)c2)=CC3C2CC2)C1. The fourth-order valence-corrected chi connectivity index (χ4v) is 4.53. The maximum absolute atomic E-state index is 13.7. The number of allylic oxidation sites excluding steroid dienone is 1. The Kier molecular flexibility index (Phi) is 4.36. The van der Waals surface area contributed by atoms with Gasteiger partial charge in [-0.2, -0.15) is 0 Å². The van der Waals surface area contributed by atoms with Gasteiger partial charge in [0.15, 0.2) is 0 Å². The third-order valence-electron chi connectivity index (χ3n) is 6.06. The van der Waals surface area contributed by atoms with Gasteiger partial charge in [0, 0.05) is 5.92 Å². The number of hydrogen-bond acceptors (Lipinski definition) is 3. The van der Waals surface area contributed by atoms with Gasteiger partial charge in [-0.3, -0.25) is 14.2 Å². The van der Waals surface area contributed by atoms with E-state index in [9.17, 15) is 18.4 Å². The van der Waals surface area contributed by atoms with Crippen molar-refractivity contribution in [3.63, 3.8) is 0 Å². The molecule has 5 rings (SSSR count). The first-order valence-electron chi connectivity index (χ1n) is 9.97. The summed E-state index contributed by atoms with van der Waals surface area (Å²) in [6.07, 6.45) is 5.55. The first-order valence-corrected chi connectivity index (χ1v) is 10.3. The van der Waals surface area contributed by atoms with E-state index in [2.05, 4.69) is 4.98 Å². The molecule has 0 radical (unpaired) electrons. The number of halogens is 3. The lowest BCUT2D eigenvalue weighted by Crippen LogP contribution is -2.60. The third kappa shape index (κ3) is 3.25. The number of amides is 1. The second-order valence-corrected chi connectivity index (χ2v) is 9.08. The Bertz CT molecular complexity index is 1150. The highest BCUT2D eigenvalue weighted by Crippen LogP contribution is 2.49. The zero-order chi connectivity index (χ0) is 21.2. The summed E-state index contributed by atoms with van der Waals surface area (Å²) in [7, 11) is 0. The number of aromatic nitrogens is 2. The molecule has 3 aliphatic rings. The molecule has 0 N–H and O–H groups in total. The average molecular weight is 432 g/mol. The molecule has 1 unspecified atom stereocenters. The molecule has 1 aromatic carbocycles. The van der Waals surface area contributed by atoms with Crippen LogP contribution in [-0.4, -0.2) is 39.1 Å². The lowest BCUT2D eigenvalue weighted by atomic mass is 9.99. The van der Waals surface area contributed by atoms with Crippen LogP contribution in [0.2, 0.25) is 5.02 Å². The molecule has 2 aliphatic carbocycles. The highest BCUT2D eigenvalue weighted by atomic mass is 35.5. The summed E-state index contributed by atoms with van der Waals surface area (Å²) in [5, 5.41) is -0.0173. The predicted octanol–water partition coefficient (Wildman–Crippen LogP) is 3.55. The Morgan fingerprint density at radius 2 is 2.07 bits per heavy atom. The summed E-state index contributed by atoms with van der Waals surface area (Å²) >= 11 is 5.97. The molecule has 1 amide bonds. The number of alkyl halides is 1. The fourth-order valence-electron chi connectivity index (χ4n) is 4.35. The normalized spacial score (nSPS) is 21.8. The van der Waals surface area contributed by atoms with Crippen molar-refractivity contribution in [2.45, 2.75) is 37.9 Å². The molecule has 1 saturated carbocycles. The van der Waals surface area contributed by atoms with Crippen molar-refractivity contribution in [1.29, 1.82) is 0 Å². The number of hydrogen-bond donors (Lipinski definition) is 0. The molecular weight excluding hydrogens is 412 g/mol. The van der Waals surface area contributed by atoms with Gasteiger partial charge in [0.05, 0.1) is 35.7 Å². The highest BCUT2D eigenvalue weighted by Gasteiger charge is 2.42. The Hall–Kier alpha value is -2.54. The maximum Gasteiger partial charge on any atom is 0.261 e. The van der Waals surface area contributed by atoms with Crippen LogP contribution in [0.25, 0.3) is 5.57 Å². The Balaban J connectivity index is 1.51. The van der Waals surface area contributed by atoms with E-state index in [0.29, 0.717) is 28.3 Å². The first kappa shape index (κ1) is 19.4. The number of fused-ring (bicyclic) bond motifs is 1. The fraction of sp³-hybridized carbons (Fsp3) is 0.409. The molecule has 1 aliphatic heterocycles. The van der Waals surface area contributed by atoms with Crippen molar-refractivity contribution < 1.29 is 13.6 Å². The van der Waals surface area contributed by atoms with Crippen molar-refractivity contribution in [3.8, 4) is 0 Å². The zero-order valence-corrected chi connectivity index (χ0v) is 17.1. The van der Waals surface area contributed by atoms with E-state index >= 15 is 0 Å². The minimum absolute atomic E-state index is 0.0173. The number of rotatable bonds is 4. The van der Waals surface area contributed by atoms with Crippen molar-refractivity contribution in [3.05, 3.63) is 68.6 Å². The quantitative estimate of drug-likeness (QED) is 0.744. The average Bonchev–Trinajstić information content (AvgIpc) is 3.44. The largest absolute Gasteiger partial charge is 0.335 e. The summed E-state index contributed by atoms with van der Waals surface area (Å²) in [6, 6.07) is 4.38. The van der Waals surface area contributed by atoms with Gasteiger partial charge in [-0.25, -0.2) is 13.8 Å². The smallest absolute Gasteiger partial charge is 0.261 e. The van der Waals surface area contributed by atoms with Crippen molar-refractivity contribution in [2.75, 3.05) is 13.1 Å².